The maximum atomic E-state index is 12.6. The lowest BCUT2D eigenvalue weighted by atomic mass is 10.1. The first-order valence-corrected chi connectivity index (χ1v) is 8.97. The fraction of sp³-hybridized carbons (Fsp3) is 0.611. The normalized spacial score (nSPS) is 19.7. The summed E-state index contributed by atoms with van der Waals surface area (Å²) in [5.41, 5.74) is 0.407. The Hall–Kier alpha value is -2.31. The Morgan fingerprint density at radius 1 is 1.28 bits per heavy atom. The number of hydrogen-bond donors (Lipinski definition) is 2. The van der Waals surface area contributed by atoms with Crippen LogP contribution in [0.15, 0.2) is 23.0 Å². The Labute approximate surface area is 148 Å². The molecule has 1 aliphatic heterocycles. The number of likely N-dealkylation sites (N-methyl/N-ethyl adjacent to an activating group) is 1. The van der Waals surface area contributed by atoms with Crippen molar-refractivity contribution in [3.63, 3.8) is 0 Å². The van der Waals surface area contributed by atoms with E-state index in [1.165, 1.54) is 17.4 Å². The van der Waals surface area contributed by atoms with Crippen LogP contribution in [0.25, 0.3) is 0 Å². The molecule has 0 radical (unpaired) electrons. The van der Waals surface area contributed by atoms with Crippen LogP contribution in [-0.2, 0) is 9.59 Å². The Balaban J connectivity index is 2.02. The Morgan fingerprint density at radius 3 is 2.72 bits per heavy atom. The highest BCUT2D eigenvalue weighted by Gasteiger charge is 2.40. The molecule has 0 saturated carbocycles. The Kier molecular flexibility index (Phi) is 7.03. The predicted octanol–water partition coefficient (Wildman–Crippen LogP) is 1.70. The van der Waals surface area contributed by atoms with E-state index in [9.17, 15) is 14.4 Å². The van der Waals surface area contributed by atoms with E-state index in [2.05, 4.69) is 17.6 Å². The Bertz CT molecular complexity index is 585. The molecular formula is C18H27N3O4. The second-order valence-electron chi connectivity index (χ2n) is 6.34. The number of rotatable bonds is 8. The van der Waals surface area contributed by atoms with Crippen molar-refractivity contribution in [2.45, 2.75) is 58.0 Å². The smallest absolute Gasteiger partial charge is 0.257 e. The van der Waals surface area contributed by atoms with E-state index in [0.29, 0.717) is 31.5 Å². The fourth-order valence-corrected chi connectivity index (χ4v) is 3.09. The van der Waals surface area contributed by atoms with Crippen LogP contribution in [0.3, 0.4) is 0 Å². The van der Waals surface area contributed by atoms with E-state index in [-0.39, 0.29) is 23.8 Å². The van der Waals surface area contributed by atoms with Gasteiger partial charge < -0.3 is 20.0 Å². The topological polar surface area (TPSA) is 91.7 Å². The number of amides is 3. The zero-order valence-corrected chi connectivity index (χ0v) is 14.9. The van der Waals surface area contributed by atoms with Crippen LogP contribution in [0, 0.1) is 0 Å². The molecule has 0 bridgehead atoms. The van der Waals surface area contributed by atoms with Gasteiger partial charge in [-0.3, -0.25) is 14.4 Å². The summed E-state index contributed by atoms with van der Waals surface area (Å²) in [6.07, 6.45) is 6.63. The summed E-state index contributed by atoms with van der Waals surface area (Å²) < 4.78 is 4.97. The van der Waals surface area contributed by atoms with Crippen molar-refractivity contribution in [1.82, 2.24) is 15.5 Å². The molecule has 2 atom stereocenters. The first kappa shape index (κ1) is 19.0. The Morgan fingerprint density at radius 2 is 2.08 bits per heavy atom. The zero-order valence-electron chi connectivity index (χ0n) is 14.9. The summed E-state index contributed by atoms with van der Waals surface area (Å²) in [5, 5.41) is 5.72. The van der Waals surface area contributed by atoms with Crippen LogP contribution in [0.5, 0.6) is 0 Å². The lowest BCUT2D eigenvalue weighted by Crippen LogP contribution is -2.45. The molecule has 1 aromatic heterocycles. The highest BCUT2D eigenvalue weighted by Crippen LogP contribution is 2.21. The van der Waals surface area contributed by atoms with Gasteiger partial charge >= 0.3 is 0 Å². The van der Waals surface area contributed by atoms with Gasteiger partial charge in [-0.25, -0.2) is 0 Å². The van der Waals surface area contributed by atoms with Gasteiger partial charge in [0.05, 0.1) is 11.8 Å². The average molecular weight is 349 g/mol. The molecule has 1 fully saturated rings. The van der Waals surface area contributed by atoms with Crippen molar-refractivity contribution >= 4 is 17.7 Å². The molecule has 1 aromatic rings. The molecule has 0 spiro atoms. The third-order valence-electron chi connectivity index (χ3n) is 4.36. The third kappa shape index (κ3) is 5.08. The van der Waals surface area contributed by atoms with Gasteiger partial charge in [0.2, 0.25) is 11.8 Å². The summed E-state index contributed by atoms with van der Waals surface area (Å²) >= 11 is 0. The van der Waals surface area contributed by atoms with Crippen LogP contribution in [0.2, 0.25) is 0 Å². The number of hydrogen-bond acceptors (Lipinski definition) is 4. The highest BCUT2D eigenvalue weighted by atomic mass is 16.3. The predicted molar refractivity (Wildman–Crippen MR) is 92.9 cm³/mol. The first-order chi connectivity index (χ1) is 12.1. The molecule has 25 heavy (non-hydrogen) atoms. The molecule has 3 amide bonds. The van der Waals surface area contributed by atoms with E-state index < -0.39 is 6.04 Å². The summed E-state index contributed by atoms with van der Waals surface area (Å²) in [4.78, 5) is 38.5. The van der Waals surface area contributed by atoms with Gasteiger partial charge in [0.1, 0.15) is 12.3 Å². The van der Waals surface area contributed by atoms with Crippen LogP contribution >= 0.6 is 0 Å². The minimum Gasteiger partial charge on any atom is -0.472 e. The second kappa shape index (κ2) is 9.25. The maximum Gasteiger partial charge on any atom is 0.257 e. The van der Waals surface area contributed by atoms with E-state index in [1.807, 2.05) is 6.92 Å². The van der Waals surface area contributed by atoms with Crippen molar-refractivity contribution < 1.29 is 18.8 Å². The minimum atomic E-state index is -0.580. The lowest BCUT2D eigenvalue weighted by molar-refractivity contribution is -0.125. The number of unbranched alkanes of at least 4 members (excludes halogenated alkanes) is 2. The SMILES string of the molecule is CCCCCC(=O)N[C@H]1C[C@@H](C(=O)NCC)N(C(=O)c2ccoc2)C1. The minimum absolute atomic E-state index is 0.0225. The number of furan rings is 1. The summed E-state index contributed by atoms with van der Waals surface area (Å²) in [5.74, 6) is -0.472. The molecule has 0 aromatic carbocycles. The number of carbonyl (C=O) groups is 3. The van der Waals surface area contributed by atoms with Gasteiger partial charge in [0.25, 0.3) is 5.91 Å². The molecule has 2 rings (SSSR count). The van der Waals surface area contributed by atoms with Crippen molar-refractivity contribution in [2.75, 3.05) is 13.1 Å². The van der Waals surface area contributed by atoms with Crippen molar-refractivity contribution in [3.8, 4) is 0 Å². The summed E-state index contributed by atoms with van der Waals surface area (Å²) in [7, 11) is 0. The van der Waals surface area contributed by atoms with Crippen LogP contribution in [-0.4, -0.2) is 47.8 Å². The standard InChI is InChI=1S/C18H27N3O4/c1-3-5-6-7-16(22)20-14-10-15(17(23)19-4-2)21(11-14)18(24)13-8-9-25-12-13/h8-9,12,14-15H,3-7,10-11H2,1-2H3,(H,19,23)(H,20,22)/t14-,15-/m0/s1. The van der Waals surface area contributed by atoms with Crippen LogP contribution in [0.4, 0.5) is 0 Å². The highest BCUT2D eigenvalue weighted by molar-refractivity contribution is 5.97. The molecule has 1 aliphatic rings. The first-order valence-electron chi connectivity index (χ1n) is 8.97. The van der Waals surface area contributed by atoms with Gasteiger partial charge in [0, 0.05) is 25.6 Å². The van der Waals surface area contributed by atoms with Gasteiger partial charge in [-0.15, -0.1) is 0 Å². The van der Waals surface area contributed by atoms with Gasteiger partial charge in [-0.2, -0.15) is 0 Å². The molecule has 7 nitrogen and oxygen atoms in total. The molecule has 1 saturated heterocycles. The quantitative estimate of drug-likeness (QED) is 0.699. The largest absolute Gasteiger partial charge is 0.472 e. The number of nitrogens with one attached hydrogen (secondary N) is 2. The fourth-order valence-electron chi connectivity index (χ4n) is 3.09. The zero-order chi connectivity index (χ0) is 18.2. The van der Waals surface area contributed by atoms with Crippen molar-refractivity contribution in [3.05, 3.63) is 24.2 Å². The maximum absolute atomic E-state index is 12.6. The van der Waals surface area contributed by atoms with Gasteiger partial charge in [-0.1, -0.05) is 19.8 Å². The van der Waals surface area contributed by atoms with Crippen molar-refractivity contribution in [2.24, 2.45) is 0 Å². The average Bonchev–Trinajstić information content (AvgIpc) is 3.24. The number of nitrogens with zero attached hydrogens (tertiary/aromatic N) is 1. The molecule has 0 aliphatic carbocycles. The molecular weight excluding hydrogens is 322 g/mol. The molecule has 2 N–H and O–H groups in total. The van der Waals surface area contributed by atoms with Crippen LogP contribution in [0.1, 0.15) is 56.3 Å². The third-order valence-corrected chi connectivity index (χ3v) is 4.36. The number of carbonyl (C=O) groups excluding carboxylic acids is 3. The lowest BCUT2D eigenvalue weighted by Gasteiger charge is -2.22. The van der Waals surface area contributed by atoms with Crippen molar-refractivity contribution in [1.29, 1.82) is 0 Å². The summed E-state index contributed by atoms with van der Waals surface area (Å²) in [6, 6.07) is 0.786. The monoisotopic (exact) mass is 349 g/mol. The summed E-state index contributed by atoms with van der Waals surface area (Å²) in [6.45, 7) is 4.75. The molecule has 0 unspecified atom stereocenters. The van der Waals surface area contributed by atoms with E-state index in [4.69, 9.17) is 4.42 Å². The van der Waals surface area contributed by atoms with E-state index in [1.54, 1.807) is 6.07 Å². The second-order valence-corrected chi connectivity index (χ2v) is 6.34. The van der Waals surface area contributed by atoms with E-state index in [0.717, 1.165) is 19.3 Å². The number of likely N-dealkylation sites (tertiary alicyclic amines) is 1. The van der Waals surface area contributed by atoms with Crippen LogP contribution < -0.4 is 10.6 Å². The van der Waals surface area contributed by atoms with Gasteiger partial charge in [-0.05, 0) is 25.8 Å². The molecule has 7 heteroatoms. The van der Waals surface area contributed by atoms with Gasteiger partial charge in [0.15, 0.2) is 0 Å². The van der Waals surface area contributed by atoms with E-state index >= 15 is 0 Å². The molecule has 2 heterocycles. The molecule has 138 valence electrons.